The Kier molecular flexibility index (Phi) is 6.79. The summed E-state index contributed by atoms with van der Waals surface area (Å²) < 4.78 is 28.0. The first-order valence-corrected chi connectivity index (χ1v) is 8.05. The van der Waals surface area contributed by atoms with E-state index in [1.165, 1.54) is 0 Å². The van der Waals surface area contributed by atoms with Crippen molar-refractivity contribution in [2.45, 2.75) is 13.8 Å². The Hall–Kier alpha value is -1.29. The highest BCUT2D eigenvalue weighted by Gasteiger charge is 2.27. The fraction of sp³-hybridized carbons (Fsp3) is 0.429. The fourth-order valence-corrected chi connectivity index (χ4v) is 2.96. The van der Waals surface area contributed by atoms with Gasteiger partial charge in [-0.05, 0) is 38.1 Å². The summed E-state index contributed by atoms with van der Waals surface area (Å²) in [5, 5.41) is 3.54. The van der Waals surface area contributed by atoms with Crippen molar-refractivity contribution < 1.29 is 18.3 Å². The van der Waals surface area contributed by atoms with Crippen LogP contribution < -0.4 is 10.1 Å². The minimum absolute atomic E-state index is 0.318. The van der Waals surface area contributed by atoms with E-state index in [1.54, 1.807) is 21.0 Å². The third-order valence-corrected chi connectivity index (χ3v) is 4.70. The zero-order valence-corrected chi connectivity index (χ0v) is 13.1. The highest BCUT2D eigenvalue weighted by atomic mass is 31.2. The van der Waals surface area contributed by atoms with Crippen LogP contribution in [0.4, 0.5) is 5.69 Å². The number of anilines is 1. The molecule has 0 atom stereocenters. The summed E-state index contributed by atoms with van der Waals surface area (Å²) in [7, 11) is -1.63. The van der Waals surface area contributed by atoms with Crippen molar-refractivity contribution in [3.63, 3.8) is 0 Å². The van der Waals surface area contributed by atoms with Crippen LogP contribution in [-0.2, 0) is 13.6 Å². The minimum Gasteiger partial charge on any atom is -0.497 e. The SMILES string of the molecule is C=C(CNc1ccc(OC)cc1)P(=O)(OCC)OCC. The van der Waals surface area contributed by atoms with E-state index in [1.807, 2.05) is 24.3 Å². The van der Waals surface area contributed by atoms with Gasteiger partial charge in [-0.2, -0.15) is 0 Å². The molecule has 6 heteroatoms. The Labute approximate surface area is 120 Å². The van der Waals surface area contributed by atoms with Gasteiger partial charge in [0.05, 0.1) is 25.6 Å². The van der Waals surface area contributed by atoms with Crippen molar-refractivity contribution in [1.82, 2.24) is 0 Å². The molecule has 0 saturated heterocycles. The molecule has 0 aromatic heterocycles. The van der Waals surface area contributed by atoms with Gasteiger partial charge in [-0.1, -0.05) is 6.58 Å². The molecule has 0 unspecified atom stereocenters. The Bertz CT molecular complexity index is 463. The molecule has 20 heavy (non-hydrogen) atoms. The smallest absolute Gasteiger partial charge is 0.358 e. The quantitative estimate of drug-likeness (QED) is 0.701. The van der Waals surface area contributed by atoms with Gasteiger partial charge < -0.3 is 19.1 Å². The molecule has 0 aliphatic carbocycles. The molecule has 0 bridgehead atoms. The summed E-state index contributed by atoms with van der Waals surface area (Å²) >= 11 is 0. The normalized spacial score (nSPS) is 11.2. The van der Waals surface area contributed by atoms with Crippen molar-refractivity contribution in [3.05, 3.63) is 36.2 Å². The highest BCUT2D eigenvalue weighted by Crippen LogP contribution is 2.55. The van der Waals surface area contributed by atoms with Crippen molar-refractivity contribution in [3.8, 4) is 5.75 Å². The van der Waals surface area contributed by atoms with Gasteiger partial charge in [0.1, 0.15) is 5.75 Å². The van der Waals surface area contributed by atoms with Crippen LogP contribution in [0.3, 0.4) is 0 Å². The van der Waals surface area contributed by atoms with Crippen LogP contribution in [0.15, 0.2) is 36.2 Å². The summed E-state index contributed by atoms with van der Waals surface area (Å²) in [6.07, 6.45) is 0. The molecule has 112 valence electrons. The molecule has 5 nitrogen and oxygen atoms in total. The summed E-state index contributed by atoms with van der Waals surface area (Å²) in [5.74, 6) is 0.781. The minimum atomic E-state index is -3.24. The Morgan fingerprint density at radius 3 is 2.20 bits per heavy atom. The number of rotatable bonds is 9. The maximum absolute atomic E-state index is 12.4. The first kappa shape index (κ1) is 16.8. The van der Waals surface area contributed by atoms with Crippen LogP contribution >= 0.6 is 7.60 Å². The third kappa shape index (κ3) is 4.67. The topological polar surface area (TPSA) is 56.8 Å². The molecule has 0 radical (unpaired) electrons. The molecule has 1 aromatic rings. The number of methoxy groups -OCH3 is 1. The van der Waals surface area contributed by atoms with Crippen LogP contribution in [0.5, 0.6) is 5.75 Å². The van der Waals surface area contributed by atoms with Crippen LogP contribution in [0.2, 0.25) is 0 Å². The largest absolute Gasteiger partial charge is 0.497 e. The summed E-state index contributed by atoms with van der Waals surface area (Å²) in [6, 6.07) is 7.43. The van der Waals surface area contributed by atoms with Crippen molar-refractivity contribution in [1.29, 1.82) is 0 Å². The molecule has 0 aliphatic heterocycles. The van der Waals surface area contributed by atoms with Gasteiger partial charge in [0.2, 0.25) is 0 Å². The predicted molar refractivity (Wildman–Crippen MR) is 81.5 cm³/mol. The summed E-state index contributed by atoms with van der Waals surface area (Å²) in [4.78, 5) is 0. The average Bonchev–Trinajstić information content (AvgIpc) is 2.45. The maximum Gasteiger partial charge on any atom is 0.358 e. The summed E-state index contributed by atoms with van der Waals surface area (Å²) in [5.41, 5.74) is 0.881. The molecular formula is C14H22NO4P. The van der Waals surface area contributed by atoms with Gasteiger partial charge in [-0.25, -0.2) is 0 Å². The second-order valence-electron chi connectivity index (χ2n) is 3.98. The molecule has 0 amide bonds. The molecule has 1 N–H and O–H groups in total. The van der Waals surface area contributed by atoms with E-state index in [2.05, 4.69) is 11.9 Å². The van der Waals surface area contributed by atoms with Gasteiger partial charge in [0.25, 0.3) is 0 Å². The number of hydrogen-bond acceptors (Lipinski definition) is 5. The number of hydrogen-bond donors (Lipinski definition) is 1. The maximum atomic E-state index is 12.4. The second-order valence-corrected chi connectivity index (χ2v) is 6.13. The van der Waals surface area contributed by atoms with Crippen LogP contribution in [-0.4, -0.2) is 26.9 Å². The third-order valence-electron chi connectivity index (χ3n) is 2.57. The van der Waals surface area contributed by atoms with Crippen molar-refractivity contribution in [2.24, 2.45) is 0 Å². The van der Waals surface area contributed by atoms with Crippen LogP contribution in [0.25, 0.3) is 0 Å². The van der Waals surface area contributed by atoms with E-state index < -0.39 is 7.60 Å². The standard InChI is InChI=1S/C14H22NO4P/c1-5-18-20(16,19-6-2)12(3)11-15-13-7-9-14(17-4)10-8-13/h7-10,15H,3,5-6,11H2,1-2,4H3. The fourth-order valence-electron chi connectivity index (χ4n) is 1.57. The van der Waals surface area contributed by atoms with E-state index in [0.717, 1.165) is 11.4 Å². The van der Waals surface area contributed by atoms with Crippen molar-refractivity contribution >= 4 is 13.3 Å². The highest BCUT2D eigenvalue weighted by molar-refractivity contribution is 7.58. The lowest BCUT2D eigenvalue weighted by Gasteiger charge is -2.19. The first-order chi connectivity index (χ1) is 9.55. The molecule has 1 aromatic carbocycles. The zero-order valence-electron chi connectivity index (χ0n) is 12.2. The Morgan fingerprint density at radius 1 is 1.20 bits per heavy atom. The van der Waals surface area contributed by atoms with Gasteiger partial charge in [0.15, 0.2) is 0 Å². The summed E-state index contributed by atoms with van der Waals surface area (Å²) in [6.45, 7) is 8.32. The van der Waals surface area contributed by atoms with E-state index >= 15 is 0 Å². The lowest BCUT2D eigenvalue weighted by Crippen LogP contribution is -2.08. The van der Waals surface area contributed by atoms with Gasteiger partial charge in [0, 0.05) is 12.2 Å². The number of benzene rings is 1. The van der Waals surface area contributed by atoms with Gasteiger partial charge >= 0.3 is 7.60 Å². The van der Waals surface area contributed by atoms with E-state index in [0.29, 0.717) is 25.1 Å². The monoisotopic (exact) mass is 299 g/mol. The second kappa shape index (κ2) is 8.10. The van der Waals surface area contributed by atoms with E-state index in [9.17, 15) is 4.57 Å². The zero-order chi connectivity index (χ0) is 15.0. The molecule has 0 fully saturated rings. The van der Waals surface area contributed by atoms with Gasteiger partial charge in [-0.15, -0.1) is 0 Å². The molecule has 0 heterocycles. The molecule has 1 rings (SSSR count). The molecular weight excluding hydrogens is 277 g/mol. The van der Waals surface area contributed by atoms with Crippen LogP contribution in [0, 0.1) is 0 Å². The van der Waals surface area contributed by atoms with E-state index in [-0.39, 0.29) is 0 Å². The number of ether oxygens (including phenoxy) is 1. The molecule has 0 spiro atoms. The van der Waals surface area contributed by atoms with Crippen molar-refractivity contribution in [2.75, 3.05) is 32.2 Å². The van der Waals surface area contributed by atoms with E-state index in [4.69, 9.17) is 13.8 Å². The lowest BCUT2D eigenvalue weighted by molar-refractivity contribution is 0.226. The first-order valence-electron chi connectivity index (χ1n) is 6.51. The van der Waals surface area contributed by atoms with Gasteiger partial charge in [-0.3, -0.25) is 4.57 Å². The predicted octanol–water partition coefficient (Wildman–Crippen LogP) is 3.89. The molecule has 0 saturated carbocycles. The average molecular weight is 299 g/mol. The lowest BCUT2D eigenvalue weighted by atomic mass is 10.3. The van der Waals surface area contributed by atoms with Crippen LogP contribution in [0.1, 0.15) is 13.8 Å². The Balaban J connectivity index is 2.62. The Morgan fingerprint density at radius 2 is 1.75 bits per heavy atom. The molecule has 0 aliphatic rings. The number of nitrogens with one attached hydrogen (secondary N) is 1.